The summed E-state index contributed by atoms with van der Waals surface area (Å²) < 4.78 is 5.20. The second-order valence-corrected chi connectivity index (χ2v) is 3.88. The third-order valence-electron chi connectivity index (χ3n) is 2.67. The number of hydrogen-bond donors (Lipinski definition) is 1. The van der Waals surface area contributed by atoms with Gasteiger partial charge in [0.05, 0.1) is 6.10 Å². The topological polar surface area (TPSA) is 29.5 Å². The first-order valence-corrected chi connectivity index (χ1v) is 5.47. The zero-order chi connectivity index (χ0) is 11.1. The van der Waals surface area contributed by atoms with Gasteiger partial charge < -0.3 is 9.84 Å². The lowest BCUT2D eigenvalue weighted by atomic mass is 10.0. The van der Waals surface area contributed by atoms with E-state index < -0.39 is 0 Å². The monoisotopic (exact) mass is 208 g/mol. The van der Waals surface area contributed by atoms with Crippen LogP contribution in [0.1, 0.15) is 24.5 Å². The Balaban J connectivity index is 2.42. The van der Waals surface area contributed by atoms with Gasteiger partial charge in [-0.3, -0.25) is 0 Å². The van der Waals surface area contributed by atoms with Gasteiger partial charge >= 0.3 is 0 Å². The number of aliphatic hydroxyl groups is 1. The van der Waals surface area contributed by atoms with Crippen LogP contribution in [0, 0.1) is 0 Å². The van der Waals surface area contributed by atoms with Crippen LogP contribution in [0.2, 0.25) is 0 Å². The van der Waals surface area contributed by atoms with Gasteiger partial charge in [0, 0.05) is 13.7 Å². The third-order valence-corrected chi connectivity index (χ3v) is 2.67. The molecule has 1 N–H and O–H groups in total. The van der Waals surface area contributed by atoms with Gasteiger partial charge in [0.25, 0.3) is 0 Å². The summed E-state index contributed by atoms with van der Waals surface area (Å²) in [5, 5.41) is 8.78. The van der Waals surface area contributed by atoms with E-state index >= 15 is 0 Å². The lowest BCUT2D eigenvalue weighted by molar-refractivity contribution is 0.111. The zero-order valence-electron chi connectivity index (χ0n) is 9.57. The second-order valence-electron chi connectivity index (χ2n) is 3.88. The first kappa shape index (κ1) is 12.2. The van der Waals surface area contributed by atoms with Gasteiger partial charge in [0.15, 0.2) is 0 Å². The van der Waals surface area contributed by atoms with Crippen molar-refractivity contribution in [3.8, 4) is 0 Å². The Bertz CT molecular complexity index is 266. The summed E-state index contributed by atoms with van der Waals surface area (Å²) in [6, 6.07) is 8.44. The molecule has 1 atom stereocenters. The van der Waals surface area contributed by atoms with Crippen molar-refractivity contribution in [1.29, 1.82) is 0 Å². The van der Waals surface area contributed by atoms with Crippen molar-refractivity contribution in [2.75, 3.05) is 13.7 Å². The van der Waals surface area contributed by atoms with E-state index in [-0.39, 0.29) is 6.61 Å². The highest BCUT2D eigenvalue weighted by atomic mass is 16.5. The summed E-state index contributed by atoms with van der Waals surface area (Å²) in [6.45, 7) is 2.31. The van der Waals surface area contributed by atoms with Gasteiger partial charge in [-0.2, -0.15) is 0 Å². The maximum Gasteiger partial charge on any atom is 0.0546 e. The molecular formula is C13H20O2. The van der Waals surface area contributed by atoms with E-state index in [4.69, 9.17) is 9.84 Å². The maximum atomic E-state index is 8.78. The highest BCUT2D eigenvalue weighted by molar-refractivity contribution is 5.22. The average Bonchev–Trinajstić information content (AvgIpc) is 2.28. The Morgan fingerprint density at radius 2 is 1.67 bits per heavy atom. The standard InChI is InChI=1S/C13H20O2/c1-11(15-2)3-4-12-5-7-13(8-6-12)9-10-14/h5-8,11,14H,3-4,9-10H2,1-2H3. The number of rotatable bonds is 6. The first-order chi connectivity index (χ1) is 7.26. The molecule has 0 amide bonds. The van der Waals surface area contributed by atoms with Crippen molar-refractivity contribution in [2.45, 2.75) is 32.3 Å². The van der Waals surface area contributed by atoms with Crippen molar-refractivity contribution >= 4 is 0 Å². The molecule has 0 aliphatic rings. The maximum absolute atomic E-state index is 8.78. The van der Waals surface area contributed by atoms with E-state index in [1.807, 2.05) is 0 Å². The third kappa shape index (κ3) is 4.45. The van der Waals surface area contributed by atoms with Gasteiger partial charge in [-0.05, 0) is 37.3 Å². The molecule has 2 heteroatoms. The number of benzene rings is 1. The van der Waals surface area contributed by atoms with Crippen LogP contribution in [0.15, 0.2) is 24.3 Å². The van der Waals surface area contributed by atoms with Crippen molar-refractivity contribution in [2.24, 2.45) is 0 Å². The predicted octanol–water partition coefficient (Wildman–Crippen LogP) is 2.19. The molecule has 1 rings (SSSR count). The van der Waals surface area contributed by atoms with E-state index in [9.17, 15) is 0 Å². The molecular weight excluding hydrogens is 188 g/mol. The molecule has 0 saturated heterocycles. The van der Waals surface area contributed by atoms with Gasteiger partial charge in [-0.25, -0.2) is 0 Å². The number of hydrogen-bond acceptors (Lipinski definition) is 2. The van der Waals surface area contributed by atoms with E-state index in [0.29, 0.717) is 6.10 Å². The highest BCUT2D eigenvalue weighted by Crippen LogP contribution is 2.09. The quantitative estimate of drug-likeness (QED) is 0.776. The molecule has 2 nitrogen and oxygen atoms in total. The van der Waals surface area contributed by atoms with Crippen LogP contribution in [0.5, 0.6) is 0 Å². The summed E-state index contributed by atoms with van der Waals surface area (Å²) in [5.74, 6) is 0. The van der Waals surface area contributed by atoms with E-state index in [2.05, 4.69) is 31.2 Å². The highest BCUT2D eigenvalue weighted by Gasteiger charge is 2.00. The number of aliphatic hydroxyl groups excluding tert-OH is 1. The average molecular weight is 208 g/mol. The fourth-order valence-electron chi connectivity index (χ4n) is 1.49. The minimum atomic E-state index is 0.222. The predicted molar refractivity (Wildman–Crippen MR) is 62.0 cm³/mol. The molecule has 1 aromatic rings. The zero-order valence-corrected chi connectivity index (χ0v) is 9.57. The normalized spacial score (nSPS) is 12.7. The molecule has 0 spiro atoms. The molecule has 1 aromatic carbocycles. The van der Waals surface area contributed by atoms with Gasteiger partial charge in [0.2, 0.25) is 0 Å². The summed E-state index contributed by atoms with van der Waals surface area (Å²) in [7, 11) is 1.75. The summed E-state index contributed by atoms with van der Waals surface area (Å²) in [4.78, 5) is 0. The van der Waals surface area contributed by atoms with Crippen LogP contribution < -0.4 is 0 Å². The van der Waals surface area contributed by atoms with E-state index in [1.165, 1.54) is 11.1 Å². The lowest BCUT2D eigenvalue weighted by Crippen LogP contribution is -2.05. The van der Waals surface area contributed by atoms with Crippen molar-refractivity contribution in [3.05, 3.63) is 35.4 Å². The molecule has 0 aromatic heterocycles. The molecule has 1 unspecified atom stereocenters. The molecule has 0 aliphatic carbocycles. The minimum absolute atomic E-state index is 0.222. The SMILES string of the molecule is COC(C)CCc1ccc(CCO)cc1. The molecule has 0 aliphatic heterocycles. The minimum Gasteiger partial charge on any atom is -0.396 e. The lowest BCUT2D eigenvalue weighted by Gasteiger charge is -2.09. The van der Waals surface area contributed by atoms with Crippen LogP contribution >= 0.6 is 0 Å². The first-order valence-electron chi connectivity index (χ1n) is 5.47. The van der Waals surface area contributed by atoms with Crippen LogP contribution in [-0.2, 0) is 17.6 Å². The Hall–Kier alpha value is -0.860. The molecule has 84 valence electrons. The number of ether oxygens (including phenoxy) is 1. The molecule has 0 saturated carbocycles. The largest absolute Gasteiger partial charge is 0.396 e. The van der Waals surface area contributed by atoms with Gasteiger partial charge in [0.1, 0.15) is 0 Å². The Kier molecular flexibility index (Phi) is 5.37. The smallest absolute Gasteiger partial charge is 0.0546 e. The second kappa shape index (κ2) is 6.59. The molecule has 15 heavy (non-hydrogen) atoms. The Labute approximate surface area is 91.9 Å². The fraction of sp³-hybridized carbons (Fsp3) is 0.538. The van der Waals surface area contributed by atoms with Gasteiger partial charge in [-0.15, -0.1) is 0 Å². The number of aryl methyl sites for hydroxylation is 1. The summed E-state index contributed by atoms with van der Waals surface area (Å²) in [5.41, 5.74) is 2.53. The van der Waals surface area contributed by atoms with Crippen molar-refractivity contribution in [3.63, 3.8) is 0 Å². The Morgan fingerprint density at radius 1 is 1.13 bits per heavy atom. The Morgan fingerprint density at radius 3 is 2.13 bits per heavy atom. The summed E-state index contributed by atoms with van der Waals surface area (Å²) in [6.07, 6.45) is 3.17. The molecule has 0 fully saturated rings. The van der Waals surface area contributed by atoms with Crippen molar-refractivity contribution in [1.82, 2.24) is 0 Å². The summed E-state index contributed by atoms with van der Waals surface area (Å²) >= 11 is 0. The fourth-order valence-corrected chi connectivity index (χ4v) is 1.49. The number of methoxy groups -OCH3 is 1. The van der Waals surface area contributed by atoms with E-state index in [0.717, 1.165) is 19.3 Å². The van der Waals surface area contributed by atoms with Crippen LogP contribution in [0.25, 0.3) is 0 Å². The van der Waals surface area contributed by atoms with Crippen molar-refractivity contribution < 1.29 is 9.84 Å². The molecule has 0 heterocycles. The van der Waals surface area contributed by atoms with E-state index in [1.54, 1.807) is 7.11 Å². The van der Waals surface area contributed by atoms with Crippen LogP contribution in [-0.4, -0.2) is 24.9 Å². The molecule has 0 radical (unpaired) electrons. The molecule has 0 bridgehead atoms. The van der Waals surface area contributed by atoms with Crippen LogP contribution in [0.4, 0.5) is 0 Å². The van der Waals surface area contributed by atoms with Gasteiger partial charge in [-0.1, -0.05) is 24.3 Å². The van der Waals surface area contributed by atoms with Crippen LogP contribution in [0.3, 0.4) is 0 Å².